The topological polar surface area (TPSA) is 0 Å². The molecule has 0 amide bonds. The standard InChI is InChI=1S/C37H40/c1-23(2)15-31-19-29-17-25-11-7-9-13-27(25)21-33(29)35(31)37(5,6)36-32(16-24(3)4)20-30-18-26-12-8-10-14-28(26)22-34(30)36/h7-14,17-18,21-24H,15-16,19-20H2,1-6H3. The molecule has 2 aliphatic rings. The maximum Gasteiger partial charge on any atom is 0.0157 e. The molecule has 4 aromatic rings. The fraction of sp³-hybridized carbons (Fsp3) is 0.351. The number of fused-ring (bicyclic) bond motifs is 4. The van der Waals surface area contributed by atoms with Gasteiger partial charge in [-0.25, -0.2) is 0 Å². The summed E-state index contributed by atoms with van der Waals surface area (Å²) in [5.74, 6) is 1.29. The van der Waals surface area contributed by atoms with Gasteiger partial charge in [-0.1, -0.05) is 113 Å². The number of hydrogen-bond donors (Lipinski definition) is 0. The molecule has 0 radical (unpaired) electrons. The van der Waals surface area contributed by atoms with Gasteiger partial charge in [0.2, 0.25) is 0 Å². The molecule has 188 valence electrons. The van der Waals surface area contributed by atoms with Crippen molar-refractivity contribution in [3.63, 3.8) is 0 Å². The largest absolute Gasteiger partial charge is 0.0625 e. The van der Waals surface area contributed by atoms with Gasteiger partial charge < -0.3 is 0 Å². The number of allylic oxidation sites excluding steroid dienone is 4. The average molecular weight is 485 g/mol. The van der Waals surface area contributed by atoms with Gasteiger partial charge in [-0.2, -0.15) is 0 Å². The minimum Gasteiger partial charge on any atom is -0.0625 e. The van der Waals surface area contributed by atoms with Crippen LogP contribution >= 0.6 is 0 Å². The Labute approximate surface area is 223 Å². The van der Waals surface area contributed by atoms with Crippen molar-refractivity contribution in [1.29, 1.82) is 0 Å². The first-order valence-corrected chi connectivity index (χ1v) is 14.2. The normalized spacial score (nSPS) is 15.6. The van der Waals surface area contributed by atoms with Crippen LogP contribution in [0, 0.1) is 17.3 Å². The minimum absolute atomic E-state index is 0.0597. The van der Waals surface area contributed by atoms with Crippen LogP contribution in [-0.2, 0) is 12.8 Å². The molecule has 0 aromatic heterocycles. The summed E-state index contributed by atoms with van der Waals surface area (Å²) < 4.78 is 0. The molecule has 0 atom stereocenters. The summed E-state index contributed by atoms with van der Waals surface area (Å²) in [5, 5.41) is 5.44. The van der Waals surface area contributed by atoms with Gasteiger partial charge in [-0.3, -0.25) is 0 Å². The summed E-state index contributed by atoms with van der Waals surface area (Å²) in [6.07, 6.45) is 4.52. The molecule has 0 bridgehead atoms. The lowest BCUT2D eigenvalue weighted by Gasteiger charge is -2.34. The zero-order chi connectivity index (χ0) is 25.9. The first-order valence-electron chi connectivity index (χ1n) is 14.2. The molecule has 37 heavy (non-hydrogen) atoms. The minimum atomic E-state index is -0.0597. The lowest BCUT2D eigenvalue weighted by atomic mass is 9.70. The summed E-state index contributed by atoms with van der Waals surface area (Å²) in [4.78, 5) is 0. The molecule has 6 rings (SSSR count). The fourth-order valence-corrected chi connectivity index (χ4v) is 7.37. The molecule has 0 spiro atoms. The molecular formula is C37H40. The SMILES string of the molecule is CC(C)CC1=C(C(C)(C)C2=C(CC(C)C)Cc3cc4ccccc4cc32)c2cc3ccccc3cc2C1. The first kappa shape index (κ1) is 24.2. The van der Waals surface area contributed by atoms with Crippen LogP contribution < -0.4 is 0 Å². The molecule has 2 aliphatic carbocycles. The summed E-state index contributed by atoms with van der Waals surface area (Å²) in [5.41, 5.74) is 12.4. The Morgan fingerprint density at radius 3 is 1.27 bits per heavy atom. The van der Waals surface area contributed by atoms with Crippen molar-refractivity contribution in [2.24, 2.45) is 17.3 Å². The third kappa shape index (κ3) is 4.15. The van der Waals surface area contributed by atoms with Crippen LogP contribution in [0.3, 0.4) is 0 Å². The van der Waals surface area contributed by atoms with E-state index in [4.69, 9.17) is 0 Å². The molecule has 0 unspecified atom stereocenters. The Morgan fingerprint density at radius 1 is 0.568 bits per heavy atom. The molecule has 0 nitrogen and oxygen atoms in total. The number of hydrogen-bond acceptors (Lipinski definition) is 0. The third-order valence-corrected chi connectivity index (χ3v) is 8.56. The van der Waals surface area contributed by atoms with E-state index in [9.17, 15) is 0 Å². The van der Waals surface area contributed by atoms with Crippen LogP contribution in [0.1, 0.15) is 76.6 Å². The Morgan fingerprint density at radius 2 is 0.919 bits per heavy atom. The molecule has 0 saturated carbocycles. The van der Waals surface area contributed by atoms with Gasteiger partial charge in [0.05, 0.1) is 0 Å². The lowest BCUT2D eigenvalue weighted by Crippen LogP contribution is -2.18. The highest BCUT2D eigenvalue weighted by molar-refractivity contribution is 5.99. The highest BCUT2D eigenvalue weighted by Crippen LogP contribution is 2.56. The van der Waals surface area contributed by atoms with Crippen molar-refractivity contribution < 1.29 is 0 Å². The molecule has 0 heteroatoms. The van der Waals surface area contributed by atoms with Gasteiger partial charge in [0.15, 0.2) is 0 Å². The number of rotatable bonds is 6. The summed E-state index contributed by atoms with van der Waals surface area (Å²) in [7, 11) is 0. The van der Waals surface area contributed by atoms with Crippen LogP contribution in [0.5, 0.6) is 0 Å². The van der Waals surface area contributed by atoms with E-state index in [-0.39, 0.29) is 5.41 Å². The van der Waals surface area contributed by atoms with Crippen molar-refractivity contribution in [1.82, 2.24) is 0 Å². The zero-order valence-electron chi connectivity index (χ0n) is 23.4. The Kier molecular flexibility index (Phi) is 5.90. The van der Waals surface area contributed by atoms with Crippen LogP contribution in [0.4, 0.5) is 0 Å². The summed E-state index contributed by atoms with van der Waals surface area (Å²) >= 11 is 0. The van der Waals surface area contributed by atoms with Gasteiger partial charge >= 0.3 is 0 Å². The van der Waals surface area contributed by atoms with E-state index in [2.05, 4.69) is 114 Å². The van der Waals surface area contributed by atoms with Crippen molar-refractivity contribution in [3.8, 4) is 0 Å². The molecule has 0 saturated heterocycles. The van der Waals surface area contributed by atoms with E-state index in [1.54, 1.807) is 22.3 Å². The zero-order valence-corrected chi connectivity index (χ0v) is 23.4. The molecule has 4 aromatic carbocycles. The Hall–Kier alpha value is -3.12. The van der Waals surface area contributed by atoms with E-state index in [1.807, 2.05) is 0 Å². The van der Waals surface area contributed by atoms with Crippen molar-refractivity contribution >= 4 is 32.7 Å². The second kappa shape index (κ2) is 9.02. The van der Waals surface area contributed by atoms with E-state index in [0.717, 1.165) is 12.8 Å². The Bertz CT molecular complexity index is 1470. The number of benzene rings is 4. The second-order valence-corrected chi connectivity index (χ2v) is 12.8. The second-order valence-electron chi connectivity index (χ2n) is 12.8. The predicted molar refractivity (Wildman–Crippen MR) is 162 cm³/mol. The van der Waals surface area contributed by atoms with Crippen molar-refractivity contribution in [3.05, 3.63) is 106 Å². The molecular weight excluding hydrogens is 444 g/mol. The van der Waals surface area contributed by atoms with Crippen LogP contribution in [0.2, 0.25) is 0 Å². The molecule has 0 N–H and O–H groups in total. The quantitative estimate of drug-likeness (QED) is 0.255. The predicted octanol–water partition coefficient (Wildman–Crippen LogP) is 10.4. The van der Waals surface area contributed by atoms with E-state index >= 15 is 0 Å². The van der Waals surface area contributed by atoms with Crippen molar-refractivity contribution in [2.45, 2.75) is 67.2 Å². The van der Waals surface area contributed by atoms with Crippen LogP contribution in [0.15, 0.2) is 83.9 Å². The lowest BCUT2D eigenvalue weighted by molar-refractivity contribution is 0.608. The van der Waals surface area contributed by atoms with E-state index < -0.39 is 0 Å². The van der Waals surface area contributed by atoms with Crippen molar-refractivity contribution in [2.75, 3.05) is 0 Å². The van der Waals surface area contributed by atoms with Gasteiger partial charge in [0.1, 0.15) is 0 Å². The maximum absolute atomic E-state index is 2.52. The van der Waals surface area contributed by atoms with Gasteiger partial charge in [-0.05, 0) is 105 Å². The highest BCUT2D eigenvalue weighted by atomic mass is 14.4. The van der Waals surface area contributed by atoms with Gasteiger partial charge in [0, 0.05) is 5.41 Å². The molecule has 0 heterocycles. The summed E-state index contributed by atoms with van der Waals surface area (Å²) in [6, 6.07) is 27.7. The first-order chi connectivity index (χ1) is 17.7. The third-order valence-electron chi connectivity index (χ3n) is 8.56. The molecule has 0 fully saturated rings. The van der Waals surface area contributed by atoms with Gasteiger partial charge in [-0.15, -0.1) is 0 Å². The smallest absolute Gasteiger partial charge is 0.0157 e. The summed E-state index contributed by atoms with van der Waals surface area (Å²) in [6.45, 7) is 14.5. The van der Waals surface area contributed by atoms with Crippen LogP contribution in [0.25, 0.3) is 32.7 Å². The molecule has 0 aliphatic heterocycles. The monoisotopic (exact) mass is 484 g/mol. The van der Waals surface area contributed by atoms with Gasteiger partial charge in [0.25, 0.3) is 0 Å². The average Bonchev–Trinajstić information content (AvgIpc) is 3.36. The maximum atomic E-state index is 2.52. The fourth-order valence-electron chi connectivity index (χ4n) is 7.37. The van der Waals surface area contributed by atoms with E-state index in [0.29, 0.717) is 11.8 Å². The highest BCUT2D eigenvalue weighted by Gasteiger charge is 2.40. The van der Waals surface area contributed by atoms with E-state index in [1.165, 1.54) is 56.6 Å². The Balaban J connectivity index is 1.58. The van der Waals surface area contributed by atoms with Crippen LogP contribution in [-0.4, -0.2) is 0 Å².